The van der Waals surface area contributed by atoms with Gasteiger partial charge in [-0.2, -0.15) is 0 Å². The summed E-state index contributed by atoms with van der Waals surface area (Å²) in [6.45, 7) is 16.5. The van der Waals surface area contributed by atoms with E-state index in [9.17, 15) is 0 Å². The minimum absolute atomic E-state index is 0.225. The van der Waals surface area contributed by atoms with Crippen LogP contribution in [0.4, 0.5) is 0 Å². The summed E-state index contributed by atoms with van der Waals surface area (Å²) in [6, 6.07) is 9.13. The Bertz CT molecular complexity index is 588. The van der Waals surface area contributed by atoms with Gasteiger partial charge < -0.3 is 0 Å². The maximum absolute atomic E-state index is 2.43. The molecule has 0 amide bonds. The van der Waals surface area contributed by atoms with Crippen LogP contribution < -0.4 is 5.19 Å². The zero-order chi connectivity index (χ0) is 15.1. The molecule has 0 bridgehead atoms. The van der Waals surface area contributed by atoms with E-state index in [1.807, 2.05) is 0 Å². The van der Waals surface area contributed by atoms with E-state index in [-0.39, 0.29) is 5.41 Å². The average molecular weight is 285 g/mol. The van der Waals surface area contributed by atoms with Crippen LogP contribution in [-0.4, -0.2) is 8.80 Å². The predicted octanol–water partition coefficient (Wildman–Crippen LogP) is 4.65. The van der Waals surface area contributed by atoms with Crippen molar-refractivity contribution < 1.29 is 0 Å². The topological polar surface area (TPSA) is 0 Å². The number of hydrogen-bond acceptors (Lipinski definition) is 0. The van der Waals surface area contributed by atoms with Gasteiger partial charge in [-0.3, -0.25) is 0 Å². The molecule has 0 aliphatic heterocycles. The first kappa shape index (κ1) is 15.3. The standard InChI is InChI=1S/C19H28Si/c1-8-14-15-11-9-10-12-16(20(6)7)17(15)13(2)18(14)19(3,4)5/h9-12,20H,8H2,1-7H3. The molecule has 108 valence electrons. The quantitative estimate of drug-likeness (QED) is 0.704. The van der Waals surface area contributed by atoms with Crippen molar-refractivity contribution in [1.29, 1.82) is 0 Å². The molecule has 0 unspecified atom stereocenters. The smallest absolute Gasteiger partial charge is 0.0655 e. The Morgan fingerprint density at radius 1 is 1.05 bits per heavy atom. The van der Waals surface area contributed by atoms with Crippen LogP contribution in [0.2, 0.25) is 13.1 Å². The van der Waals surface area contributed by atoms with Crippen LogP contribution in [0.5, 0.6) is 0 Å². The van der Waals surface area contributed by atoms with Gasteiger partial charge in [-0.25, -0.2) is 0 Å². The minimum Gasteiger partial charge on any atom is -0.0682 e. The van der Waals surface area contributed by atoms with Gasteiger partial charge in [-0.05, 0) is 46.6 Å². The molecule has 0 heterocycles. The highest BCUT2D eigenvalue weighted by molar-refractivity contribution is 6.72. The first-order chi connectivity index (χ1) is 9.29. The zero-order valence-corrected chi connectivity index (χ0v) is 15.2. The van der Waals surface area contributed by atoms with Crippen LogP contribution in [0.15, 0.2) is 24.3 Å². The van der Waals surface area contributed by atoms with Gasteiger partial charge >= 0.3 is 0 Å². The molecule has 2 rings (SSSR count). The lowest BCUT2D eigenvalue weighted by atomic mass is 9.83. The van der Waals surface area contributed by atoms with Gasteiger partial charge in [0.2, 0.25) is 0 Å². The second-order valence-electron chi connectivity index (χ2n) is 7.20. The molecule has 0 aromatic heterocycles. The minimum atomic E-state index is -0.828. The molecule has 2 aliphatic carbocycles. The average Bonchev–Trinajstić information content (AvgIpc) is 2.50. The fourth-order valence-electron chi connectivity index (χ4n) is 3.65. The number of rotatable bonds is 2. The third kappa shape index (κ3) is 2.44. The van der Waals surface area contributed by atoms with Gasteiger partial charge in [0.05, 0.1) is 8.80 Å². The number of fused-ring (bicyclic) bond motifs is 1. The van der Waals surface area contributed by atoms with Crippen molar-refractivity contribution in [3.8, 4) is 11.1 Å². The molecular formula is C19H28Si. The molecule has 1 heteroatoms. The monoisotopic (exact) mass is 284 g/mol. The molecule has 0 nitrogen and oxygen atoms in total. The van der Waals surface area contributed by atoms with Gasteiger partial charge in [-0.15, -0.1) is 0 Å². The van der Waals surface area contributed by atoms with Crippen LogP contribution in [0.3, 0.4) is 0 Å². The van der Waals surface area contributed by atoms with Crippen molar-refractivity contribution in [3.05, 3.63) is 41.0 Å². The van der Waals surface area contributed by atoms with E-state index in [1.54, 1.807) is 21.9 Å². The lowest BCUT2D eigenvalue weighted by molar-refractivity contribution is 0.582. The van der Waals surface area contributed by atoms with Crippen molar-refractivity contribution in [1.82, 2.24) is 0 Å². The molecule has 0 N–H and O–H groups in total. The van der Waals surface area contributed by atoms with E-state index in [1.165, 1.54) is 11.1 Å². The van der Waals surface area contributed by atoms with Crippen molar-refractivity contribution in [2.75, 3.05) is 0 Å². The van der Waals surface area contributed by atoms with E-state index in [0.29, 0.717) is 0 Å². The molecule has 20 heavy (non-hydrogen) atoms. The Kier molecular flexibility index (Phi) is 4.11. The van der Waals surface area contributed by atoms with Crippen LogP contribution >= 0.6 is 0 Å². The van der Waals surface area contributed by atoms with Crippen LogP contribution in [0.25, 0.3) is 11.1 Å². The normalized spacial score (nSPS) is 12.4. The summed E-state index contributed by atoms with van der Waals surface area (Å²) < 4.78 is 0. The highest BCUT2D eigenvalue weighted by atomic mass is 28.3. The molecule has 2 aliphatic rings. The summed E-state index contributed by atoms with van der Waals surface area (Å²) in [6.07, 6.45) is 1.13. The molecule has 0 spiro atoms. The van der Waals surface area contributed by atoms with Gasteiger partial charge in [0.1, 0.15) is 0 Å². The van der Waals surface area contributed by atoms with Gasteiger partial charge in [0.15, 0.2) is 0 Å². The van der Waals surface area contributed by atoms with Crippen LogP contribution in [0.1, 0.15) is 44.4 Å². The predicted molar refractivity (Wildman–Crippen MR) is 94.4 cm³/mol. The largest absolute Gasteiger partial charge is 0.0682 e. The van der Waals surface area contributed by atoms with Gasteiger partial charge in [0, 0.05) is 0 Å². The first-order valence-corrected chi connectivity index (χ1v) is 10.7. The second-order valence-corrected chi connectivity index (χ2v) is 10.1. The third-order valence-electron chi connectivity index (χ3n) is 4.31. The van der Waals surface area contributed by atoms with E-state index in [4.69, 9.17) is 0 Å². The molecular weight excluding hydrogens is 256 g/mol. The Balaban J connectivity index is 2.92. The molecule has 0 aromatic rings. The Hall–Kier alpha value is -1.08. The van der Waals surface area contributed by atoms with Gasteiger partial charge in [-0.1, -0.05) is 70.2 Å². The summed E-state index contributed by atoms with van der Waals surface area (Å²) in [5, 5.41) is 1.62. The summed E-state index contributed by atoms with van der Waals surface area (Å²) >= 11 is 0. The molecule has 0 saturated heterocycles. The molecule has 0 fully saturated rings. The summed E-state index contributed by atoms with van der Waals surface area (Å²) in [7, 11) is -0.828. The molecule has 0 aromatic carbocycles. The van der Waals surface area contributed by atoms with Crippen molar-refractivity contribution in [3.63, 3.8) is 0 Å². The Labute approximate surface area is 126 Å². The van der Waals surface area contributed by atoms with E-state index < -0.39 is 8.80 Å². The lowest BCUT2D eigenvalue weighted by Crippen LogP contribution is -2.24. The van der Waals surface area contributed by atoms with Crippen molar-refractivity contribution in [2.24, 2.45) is 0 Å². The van der Waals surface area contributed by atoms with Crippen molar-refractivity contribution >= 4 is 14.0 Å². The van der Waals surface area contributed by atoms with Gasteiger partial charge in [0.25, 0.3) is 0 Å². The molecule has 0 saturated carbocycles. The maximum atomic E-state index is 2.43. The van der Waals surface area contributed by atoms with E-state index in [0.717, 1.165) is 6.42 Å². The Morgan fingerprint density at radius 3 is 2.15 bits per heavy atom. The second kappa shape index (κ2) is 5.36. The highest BCUT2D eigenvalue weighted by Gasteiger charge is 2.28. The zero-order valence-electron chi connectivity index (χ0n) is 14.1. The third-order valence-corrected chi connectivity index (χ3v) is 6.04. The van der Waals surface area contributed by atoms with E-state index >= 15 is 0 Å². The van der Waals surface area contributed by atoms with E-state index in [2.05, 4.69) is 72.0 Å². The SMILES string of the molecule is CCc1c2ccccc([SiH](C)C)c-2c(C)c1C(C)(C)C. The molecule has 0 radical (unpaired) electrons. The van der Waals surface area contributed by atoms with Crippen molar-refractivity contribution in [2.45, 2.75) is 59.5 Å². The highest BCUT2D eigenvalue weighted by Crippen LogP contribution is 2.41. The maximum Gasteiger partial charge on any atom is 0.0655 e. The molecule has 0 atom stereocenters. The summed E-state index contributed by atoms with van der Waals surface area (Å²) in [4.78, 5) is 0. The number of hydrogen-bond donors (Lipinski definition) is 0. The summed E-state index contributed by atoms with van der Waals surface area (Å²) in [5.74, 6) is 0. The Morgan fingerprint density at radius 2 is 1.65 bits per heavy atom. The summed E-state index contributed by atoms with van der Waals surface area (Å²) in [5.41, 5.74) is 7.95. The fourth-order valence-corrected chi connectivity index (χ4v) is 5.10. The van der Waals surface area contributed by atoms with Crippen LogP contribution in [-0.2, 0) is 11.8 Å². The van der Waals surface area contributed by atoms with Crippen LogP contribution in [0, 0.1) is 6.92 Å². The first-order valence-electron chi connectivity index (χ1n) is 7.83. The lowest BCUT2D eigenvalue weighted by Gasteiger charge is -2.21. The fraction of sp³-hybridized carbons (Fsp3) is 0.474.